The second kappa shape index (κ2) is 10.2. The Morgan fingerprint density at radius 2 is 1.62 bits per heavy atom. The highest BCUT2D eigenvalue weighted by molar-refractivity contribution is 6.62. The van der Waals surface area contributed by atoms with Crippen LogP contribution in [0, 0.1) is 0 Å². The smallest absolute Gasteiger partial charge is 0.491 e. The summed E-state index contributed by atoms with van der Waals surface area (Å²) in [4.78, 5) is 12.5. The minimum absolute atomic E-state index is 0.205. The van der Waals surface area contributed by atoms with Gasteiger partial charge < -0.3 is 24.1 Å². The van der Waals surface area contributed by atoms with Crippen molar-refractivity contribution in [2.24, 2.45) is 0 Å². The van der Waals surface area contributed by atoms with Gasteiger partial charge in [0.15, 0.2) is 0 Å². The van der Waals surface area contributed by atoms with E-state index in [0.29, 0.717) is 12.2 Å². The quantitative estimate of drug-likeness (QED) is 0.416. The fourth-order valence-electron chi connectivity index (χ4n) is 3.75. The van der Waals surface area contributed by atoms with Crippen molar-refractivity contribution >= 4 is 18.7 Å². The molecule has 1 amide bonds. The van der Waals surface area contributed by atoms with E-state index in [0.717, 1.165) is 16.6 Å². The number of carbonyl (C=O) groups excluding carboxylic acids is 1. The Bertz CT molecular complexity index is 974. The number of hydrogen-bond acceptors (Lipinski definition) is 5. The van der Waals surface area contributed by atoms with Crippen molar-refractivity contribution in [2.45, 2.75) is 71.3 Å². The molecule has 0 radical (unpaired) electrons. The molecule has 1 atom stereocenters. The molecule has 1 heterocycles. The predicted octanol–water partition coefficient (Wildman–Crippen LogP) is 5.02. The van der Waals surface area contributed by atoms with E-state index in [-0.39, 0.29) is 13.2 Å². The summed E-state index contributed by atoms with van der Waals surface area (Å²) in [7, 11) is -0.422. The zero-order chi connectivity index (χ0) is 25.0. The second-order valence-electron chi connectivity index (χ2n) is 10.3. The van der Waals surface area contributed by atoms with E-state index < -0.39 is 30.0 Å². The van der Waals surface area contributed by atoms with Crippen LogP contribution in [0.15, 0.2) is 66.7 Å². The zero-order valence-electron chi connectivity index (χ0n) is 21.1. The Kier molecular flexibility index (Phi) is 7.79. The van der Waals surface area contributed by atoms with Gasteiger partial charge in [-0.1, -0.05) is 48.0 Å². The van der Waals surface area contributed by atoms with E-state index in [9.17, 15) is 4.79 Å². The van der Waals surface area contributed by atoms with Crippen molar-refractivity contribution < 1.29 is 23.6 Å². The Labute approximate surface area is 203 Å². The topological polar surface area (TPSA) is 66.0 Å². The Morgan fingerprint density at radius 3 is 2.18 bits per heavy atom. The molecule has 0 spiro atoms. The van der Waals surface area contributed by atoms with Crippen LogP contribution < -0.4 is 15.5 Å². The van der Waals surface area contributed by atoms with Crippen molar-refractivity contribution in [1.82, 2.24) is 5.32 Å². The molecule has 3 rings (SSSR count). The van der Waals surface area contributed by atoms with Crippen molar-refractivity contribution in [3.63, 3.8) is 0 Å². The summed E-state index contributed by atoms with van der Waals surface area (Å²) in [6, 6.07) is 17.2. The van der Waals surface area contributed by atoms with Crippen molar-refractivity contribution in [1.29, 1.82) is 0 Å². The average Bonchev–Trinajstić information content (AvgIpc) is 2.98. The molecule has 34 heavy (non-hydrogen) atoms. The molecular weight excluding hydrogens is 429 g/mol. The minimum atomic E-state index is -0.677. The summed E-state index contributed by atoms with van der Waals surface area (Å²) in [6.45, 7) is 16.4. The van der Waals surface area contributed by atoms with Crippen LogP contribution in [0.5, 0.6) is 5.75 Å². The van der Waals surface area contributed by atoms with Gasteiger partial charge in [0.1, 0.15) is 19.0 Å². The third-order valence-electron chi connectivity index (χ3n) is 6.27. The zero-order valence-corrected chi connectivity index (χ0v) is 21.1. The number of hydrogen-bond donors (Lipinski definition) is 1. The van der Waals surface area contributed by atoms with Gasteiger partial charge in [-0.3, -0.25) is 0 Å². The van der Waals surface area contributed by atoms with E-state index >= 15 is 0 Å². The van der Waals surface area contributed by atoms with Crippen LogP contribution in [0.1, 0.15) is 53.5 Å². The lowest BCUT2D eigenvalue weighted by atomic mass is 9.79. The van der Waals surface area contributed by atoms with Crippen molar-refractivity contribution in [3.05, 3.63) is 72.3 Å². The van der Waals surface area contributed by atoms with Crippen LogP contribution in [0.3, 0.4) is 0 Å². The molecule has 0 aliphatic carbocycles. The largest absolute Gasteiger partial charge is 0.494 e. The number of carbonyl (C=O) groups is 1. The Balaban J connectivity index is 1.58. The summed E-state index contributed by atoms with van der Waals surface area (Å²) in [5.74, 6) is 0.688. The highest BCUT2D eigenvalue weighted by Gasteiger charge is 2.51. The van der Waals surface area contributed by atoms with E-state index in [1.165, 1.54) is 0 Å². The lowest BCUT2D eigenvalue weighted by molar-refractivity contribution is 0.00578. The van der Waals surface area contributed by atoms with Gasteiger partial charge in [-0.05, 0) is 71.1 Å². The van der Waals surface area contributed by atoms with Gasteiger partial charge in [0, 0.05) is 0 Å². The molecule has 2 aromatic rings. The molecule has 0 aromatic heterocycles. The predicted molar refractivity (Wildman–Crippen MR) is 135 cm³/mol. The Morgan fingerprint density at radius 1 is 1.03 bits per heavy atom. The number of alkyl carbamates (subject to hydrolysis) is 1. The molecule has 182 valence electrons. The van der Waals surface area contributed by atoms with Crippen LogP contribution in [-0.2, 0) is 20.7 Å². The lowest BCUT2D eigenvalue weighted by Crippen LogP contribution is -2.50. The summed E-state index contributed by atoms with van der Waals surface area (Å²) in [6.07, 6.45) is 0.0618. The first-order valence-corrected chi connectivity index (χ1v) is 11.6. The van der Waals surface area contributed by atoms with Crippen LogP contribution in [0.25, 0.3) is 0 Å². The molecule has 0 unspecified atom stereocenters. The molecule has 1 N–H and O–H groups in total. The van der Waals surface area contributed by atoms with Gasteiger partial charge in [0.2, 0.25) is 0 Å². The maximum Gasteiger partial charge on any atom is 0.494 e. The molecule has 2 aromatic carbocycles. The normalized spacial score (nSPS) is 18.1. The molecule has 1 aliphatic rings. The molecule has 0 bridgehead atoms. The lowest BCUT2D eigenvalue weighted by Gasteiger charge is -2.32. The van der Waals surface area contributed by atoms with Gasteiger partial charge in [-0.15, -0.1) is 6.58 Å². The van der Waals surface area contributed by atoms with Crippen LogP contribution in [-0.4, -0.2) is 36.6 Å². The molecule has 1 saturated heterocycles. The number of amides is 1. The van der Waals surface area contributed by atoms with Gasteiger partial charge in [0.05, 0.1) is 16.7 Å². The number of rotatable bonds is 9. The molecule has 1 aliphatic heterocycles. The Hall–Kier alpha value is -2.77. The van der Waals surface area contributed by atoms with E-state index in [4.69, 9.17) is 18.8 Å². The molecule has 7 heteroatoms. The highest BCUT2D eigenvalue weighted by atomic mass is 16.7. The first kappa shape index (κ1) is 25.9. The number of benzene rings is 2. The maximum atomic E-state index is 12.5. The third-order valence-corrected chi connectivity index (χ3v) is 6.27. The first-order valence-electron chi connectivity index (χ1n) is 11.6. The number of nitrogens with one attached hydrogen (secondary N) is 1. The second-order valence-corrected chi connectivity index (χ2v) is 10.3. The monoisotopic (exact) mass is 465 g/mol. The SMILES string of the molecule is C=C(C)C[C@@](C)(COc1ccc(B2OC(C)(C)C(C)(C)O2)cc1)NC(=O)OCc1ccccc1. The summed E-state index contributed by atoms with van der Waals surface area (Å²) < 4.78 is 23.7. The first-order chi connectivity index (χ1) is 15.9. The molecule has 6 nitrogen and oxygen atoms in total. The van der Waals surface area contributed by atoms with Crippen molar-refractivity contribution in [3.8, 4) is 5.75 Å². The van der Waals surface area contributed by atoms with Crippen LogP contribution in [0.2, 0.25) is 0 Å². The van der Waals surface area contributed by atoms with E-state index in [1.807, 2.05) is 96.1 Å². The van der Waals surface area contributed by atoms with Gasteiger partial charge in [0.25, 0.3) is 0 Å². The molecule has 1 fully saturated rings. The van der Waals surface area contributed by atoms with E-state index in [1.54, 1.807) is 0 Å². The fourth-order valence-corrected chi connectivity index (χ4v) is 3.75. The summed E-state index contributed by atoms with van der Waals surface area (Å²) >= 11 is 0. The van der Waals surface area contributed by atoms with Crippen LogP contribution >= 0.6 is 0 Å². The van der Waals surface area contributed by atoms with Gasteiger partial charge in [-0.2, -0.15) is 0 Å². The van der Waals surface area contributed by atoms with Crippen molar-refractivity contribution in [2.75, 3.05) is 6.61 Å². The summed E-state index contributed by atoms with van der Waals surface area (Å²) in [5, 5.41) is 2.95. The van der Waals surface area contributed by atoms with Gasteiger partial charge in [-0.25, -0.2) is 4.79 Å². The van der Waals surface area contributed by atoms with Crippen LogP contribution in [0.4, 0.5) is 4.79 Å². The molecule has 0 saturated carbocycles. The van der Waals surface area contributed by atoms with E-state index in [2.05, 4.69) is 11.9 Å². The third kappa shape index (κ3) is 6.64. The minimum Gasteiger partial charge on any atom is -0.491 e. The fraction of sp³-hybridized carbons (Fsp3) is 0.444. The standard InChI is InChI=1S/C27H36BNO5/c1-20(2)17-27(7,29-24(30)31-18-21-11-9-8-10-12-21)19-32-23-15-13-22(14-16-23)28-33-25(3,4)26(5,6)34-28/h8-16H,1,17-19H2,2-7H3,(H,29,30)/t27-/m0/s1. The maximum absolute atomic E-state index is 12.5. The molecular formula is C27H36BNO5. The number of ether oxygens (including phenoxy) is 2. The highest BCUT2D eigenvalue weighted by Crippen LogP contribution is 2.36. The van der Waals surface area contributed by atoms with Gasteiger partial charge >= 0.3 is 13.2 Å². The average molecular weight is 465 g/mol. The summed E-state index contributed by atoms with van der Waals surface area (Å²) in [5.41, 5.74) is 1.33.